The minimum Gasteiger partial charge on any atom is -0.352 e. The highest BCUT2D eigenvalue weighted by molar-refractivity contribution is 7.92. The van der Waals surface area contributed by atoms with Crippen molar-refractivity contribution >= 4 is 50.0 Å². The Morgan fingerprint density at radius 2 is 1.97 bits per heavy atom. The number of hydrogen-bond donors (Lipinski definition) is 3. The quantitative estimate of drug-likeness (QED) is 0.314. The van der Waals surface area contributed by atoms with E-state index in [0.717, 1.165) is 29.0 Å². The Kier molecular flexibility index (Phi) is 6.06. The summed E-state index contributed by atoms with van der Waals surface area (Å²) in [6, 6.07) is 6.52. The van der Waals surface area contributed by atoms with Gasteiger partial charge in [-0.15, -0.1) is 0 Å². The van der Waals surface area contributed by atoms with Crippen LogP contribution in [0.2, 0.25) is 0 Å². The predicted molar refractivity (Wildman–Crippen MR) is 135 cm³/mol. The molecule has 1 aliphatic carbocycles. The second-order valence-corrected chi connectivity index (χ2v) is 11.0. The van der Waals surface area contributed by atoms with Crippen molar-refractivity contribution in [2.24, 2.45) is 5.92 Å². The van der Waals surface area contributed by atoms with Crippen LogP contribution in [-0.2, 0) is 14.8 Å². The first-order valence-electron chi connectivity index (χ1n) is 11.4. The van der Waals surface area contributed by atoms with E-state index in [-0.39, 0.29) is 40.2 Å². The zero-order chi connectivity index (χ0) is 26.5. The number of sulfonamides is 1. The van der Waals surface area contributed by atoms with Gasteiger partial charge in [-0.3, -0.25) is 9.10 Å². The van der Waals surface area contributed by atoms with Gasteiger partial charge in [0.15, 0.2) is 11.5 Å². The number of carbonyl (C=O) groups is 1. The number of hydrogen-bond acceptors (Lipinski definition) is 7. The molecule has 0 saturated heterocycles. The molecule has 3 aromatic heterocycles. The number of imidazole rings is 1. The van der Waals surface area contributed by atoms with Crippen LogP contribution in [0.5, 0.6) is 0 Å². The molecule has 3 heterocycles. The number of halogens is 2. The van der Waals surface area contributed by atoms with Crippen molar-refractivity contribution in [1.82, 2.24) is 24.7 Å². The van der Waals surface area contributed by atoms with Crippen molar-refractivity contribution in [2.75, 3.05) is 28.2 Å². The summed E-state index contributed by atoms with van der Waals surface area (Å²) in [6.07, 6.45) is 3.23. The van der Waals surface area contributed by atoms with E-state index < -0.39 is 22.3 Å². The third-order valence-corrected chi connectivity index (χ3v) is 7.14. The lowest BCUT2D eigenvalue weighted by atomic mass is 10.2. The number of nitrogens with one attached hydrogen (secondary N) is 3. The third-order valence-electron chi connectivity index (χ3n) is 5.95. The number of amides is 1. The Balaban J connectivity index is 1.61. The first kappa shape index (κ1) is 24.6. The van der Waals surface area contributed by atoms with Gasteiger partial charge in [0.1, 0.15) is 11.3 Å². The Labute approximate surface area is 211 Å². The summed E-state index contributed by atoms with van der Waals surface area (Å²) in [4.78, 5) is 23.0. The molecule has 1 aliphatic rings. The number of benzene rings is 1. The van der Waals surface area contributed by atoms with E-state index in [1.807, 2.05) is 6.92 Å². The highest BCUT2D eigenvalue weighted by Gasteiger charge is 2.30. The summed E-state index contributed by atoms with van der Waals surface area (Å²) in [7, 11) is -2.26. The lowest BCUT2D eigenvalue weighted by Crippen LogP contribution is -2.25. The molecule has 0 radical (unpaired) electrons. The van der Waals surface area contributed by atoms with E-state index in [1.54, 1.807) is 35.3 Å². The summed E-state index contributed by atoms with van der Waals surface area (Å²) in [5.74, 6) is -0.744. The normalized spacial score (nSPS) is 13.8. The van der Waals surface area contributed by atoms with Crippen molar-refractivity contribution in [3.8, 4) is 5.69 Å². The maximum atomic E-state index is 13.4. The van der Waals surface area contributed by atoms with E-state index in [1.165, 1.54) is 13.1 Å². The van der Waals surface area contributed by atoms with Crippen LogP contribution in [-0.4, -0.2) is 52.4 Å². The molecule has 0 atom stereocenters. The van der Waals surface area contributed by atoms with Gasteiger partial charge in [-0.05, 0) is 43.5 Å². The van der Waals surface area contributed by atoms with Gasteiger partial charge in [0.25, 0.3) is 6.43 Å². The van der Waals surface area contributed by atoms with Crippen LogP contribution in [0.25, 0.3) is 16.9 Å². The molecule has 0 unspecified atom stereocenters. The number of nitrogens with zero attached hydrogens (tertiary/aromatic N) is 5. The predicted octanol–water partition coefficient (Wildman–Crippen LogP) is 3.88. The standard InChI is InChI=1S/C23H24F2N8O3S/c1-12-10-26-33(11-12)14-6-7-15(17(8-14)32(2)37(3,35)36)27-16-9-18(29-23(34)13-4-5-13)28-21-19(16)30-22(31-21)20(24)25/h6-11,13,20H,4-5H2,1-3H3,(H3,27,28,29,30,31,34). The molecule has 1 aromatic carbocycles. The molecular weight excluding hydrogens is 506 g/mol. The third kappa shape index (κ3) is 5.09. The van der Waals surface area contributed by atoms with Gasteiger partial charge in [-0.2, -0.15) is 5.10 Å². The highest BCUT2D eigenvalue weighted by atomic mass is 32.2. The largest absolute Gasteiger partial charge is 0.352 e. The zero-order valence-electron chi connectivity index (χ0n) is 20.2. The fourth-order valence-electron chi connectivity index (χ4n) is 3.75. The van der Waals surface area contributed by atoms with Gasteiger partial charge in [0, 0.05) is 25.2 Å². The van der Waals surface area contributed by atoms with E-state index in [4.69, 9.17) is 0 Å². The number of fused-ring (bicyclic) bond motifs is 1. The molecular formula is C23H24F2N8O3S. The second kappa shape index (κ2) is 9.10. The summed E-state index contributed by atoms with van der Waals surface area (Å²) < 4.78 is 54.4. The Hall–Kier alpha value is -4.07. The Bertz CT molecular complexity index is 1610. The molecule has 0 spiro atoms. The number of alkyl halides is 2. The smallest absolute Gasteiger partial charge is 0.295 e. The number of carbonyl (C=O) groups excluding carboxylic acids is 1. The van der Waals surface area contributed by atoms with Gasteiger partial charge in [-0.25, -0.2) is 31.8 Å². The monoisotopic (exact) mass is 530 g/mol. The van der Waals surface area contributed by atoms with Crippen LogP contribution in [0.15, 0.2) is 36.7 Å². The molecule has 194 valence electrons. The molecule has 1 fully saturated rings. The number of H-pyrrole nitrogens is 1. The minimum absolute atomic E-state index is 0.0203. The molecule has 0 bridgehead atoms. The fraction of sp³-hybridized carbons (Fsp3) is 0.304. The van der Waals surface area contributed by atoms with E-state index in [2.05, 4.69) is 30.7 Å². The van der Waals surface area contributed by atoms with Crippen LogP contribution in [0.4, 0.5) is 31.7 Å². The molecule has 11 nitrogen and oxygen atoms in total. The van der Waals surface area contributed by atoms with Gasteiger partial charge in [-0.1, -0.05) is 0 Å². The Morgan fingerprint density at radius 1 is 1.22 bits per heavy atom. The molecule has 1 amide bonds. The molecule has 3 N–H and O–H groups in total. The summed E-state index contributed by atoms with van der Waals surface area (Å²) in [6.45, 7) is 1.88. The minimum atomic E-state index is -3.67. The molecule has 5 rings (SSSR count). The fourth-order valence-corrected chi connectivity index (χ4v) is 4.26. The van der Waals surface area contributed by atoms with Crippen LogP contribution < -0.4 is 14.9 Å². The number of aryl methyl sites for hydroxylation is 1. The molecule has 4 aromatic rings. The molecule has 37 heavy (non-hydrogen) atoms. The van der Waals surface area contributed by atoms with Crippen molar-refractivity contribution in [3.05, 3.63) is 48.0 Å². The maximum Gasteiger partial charge on any atom is 0.295 e. The van der Waals surface area contributed by atoms with Crippen LogP contribution in [0.1, 0.15) is 30.7 Å². The number of aromatic amines is 1. The number of anilines is 4. The van der Waals surface area contributed by atoms with Gasteiger partial charge < -0.3 is 15.6 Å². The van der Waals surface area contributed by atoms with Gasteiger partial charge >= 0.3 is 0 Å². The second-order valence-electron chi connectivity index (χ2n) is 8.96. The average molecular weight is 531 g/mol. The number of pyridine rings is 1. The van der Waals surface area contributed by atoms with Crippen molar-refractivity contribution in [2.45, 2.75) is 26.2 Å². The first-order chi connectivity index (χ1) is 17.5. The maximum absolute atomic E-state index is 13.4. The topological polar surface area (TPSA) is 138 Å². The summed E-state index contributed by atoms with van der Waals surface area (Å²) in [5.41, 5.74) is 2.63. The van der Waals surface area contributed by atoms with Crippen molar-refractivity contribution in [3.63, 3.8) is 0 Å². The average Bonchev–Trinajstić information content (AvgIpc) is 3.45. The molecule has 0 aliphatic heterocycles. The Morgan fingerprint density at radius 3 is 2.59 bits per heavy atom. The van der Waals surface area contributed by atoms with Gasteiger partial charge in [0.05, 0.1) is 35.2 Å². The van der Waals surface area contributed by atoms with Crippen molar-refractivity contribution in [1.29, 1.82) is 0 Å². The summed E-state index contributed by atoms with van der Waals surface area (Å²) in [5, 5.41) is 10.1. The van der Waals surface area contributed by atoms with Crippen LogP contribution in [0, 0.1) is 12.8 Å². The van der Waals surface area contributed by atoms with Crippen molar-refractivity contribution < 1.29 is 22.0 Å². The van der Waals surface area contributed by atoms with Crippen LogP contribution >= 0.6 is 0 Å². The SMILES string of the molecule is Cc1cnn(-c2ccc(Nc3cc(NC(=O)C4CC4)nc4nc(C(F)F)[nH]c34)c(N(C)S(C)(=O)=O)c2)c1. The summed E-state index contributed by atoms with van der Waals surface area (Å²) >= 11 is 0. The molecule has 1 saturated carbocycles. The lowest BCUT2D eigenvalue weighted by molar-refractivity contribution is -0.117. The van der Waals surface area contributed by atoms with E-state index in [9.17, 15) is 22.0 Å². The lowest BCUT2D eigenvalue weighted by Gasteiger charge is -2.22. The van der Waals surface area contributed by atoms with Crippen LogP contribution in [0.3, 0.4) is 0 Å². The molecule has 14 heteroatoms. The van der Waals surface area contributed by atoms with E-state index >= 15 is 0 Å². The van der Waals surface area contributed by atoms with Gasteiger partial charge in [0.2, 0.25) is 15.9 Å². The van der Waals surface area contributed by atoms with E-state index in [0.29, 0.717) is 11.4 Å². The first-order valence-corrected chi connectivity index (χ1v) is 13.2. The number of aromatic nitrogens is 5. The number of rotatable bonds is 8. The zero-order valence-corrected chi connectivity index (χ0v) is 21.0. The highest BCUT2D eigenvalue weighted by Crippen LogP contribution is 2.36.